The van der Waals surface area contributed by atoms with Gasteiger partial charge in [0.1, 0.15) is 11.9 Å². The number of benzene rings is 1. The van der Waals surface area contributed by atoms with E-state index in [-0.39, 0.29) is 17.8 Å². The third-order valence-electron chi connectivity index (χ3n) is 2.45. The molecule has 7 nitrogen and oxygen atoms in total. The number of rotatable bonds is 5. The molecule has 1 rings (SSSR count). The van der Waals surface area contributed by atoms with E-state index < -0.39 is 16.6 Å². The summed E-state index contributed by atoms with van der Waals surface area (Å²) in [6.45, 7) is 5.42. The van der Waals surface area contributed by atoms with Gasteiger partial charge in [0.2, 0.25) is 0 Å². The number of carbonyl (C=O) groups excluding carboxylic acids is 2. The minimum Gasteiger partial charge on any atom is -0.444 e. The Morgan fingerprint density at radius 3 is 2.64 bits per heavy atom. The Morgan fingerprint density at radius 2 is 2.09 bits per heavy atom. The molecule has 0 heterocycles. The maximum atomic E-state index is 11.4. The van der Waals surface area contributed by atoms with Crippen LogP contribution in [0.1, 0.15) is 36.7 Å². The Balaban J connectivity index is 2.69. The predicted molar refractivity (Wildman–Crippen MR) is 81.8 cm³/mol. The van der Waals surface area contributed by atoms with Gasteiger partial charge in [-0.3, -0.25) is 14.9 Å². The molecule has 118 valence electrons. The monoisotopic (exact) mass is 306 g/mol. The van der Waals surface area contributed by atoms with Crippen LogP contribution in [0.2, 0.25) is 0 Å². The highest BCUT2D eigenvalue weighted by Gasteiger charge is 2.15. The van der Waals surface area contributed by atoms with Crippen molar-refractivity contribution in [3.8, 4) is 0 Å². The highest BCUT2D eigenvalue weighted by atomic mass is 16.6. The van der Waals surface area contributed by atoms with E-state index in [0.29, 0.717) is 11.8 Å². The summed E-state index contributed by atoms with van der Waals surface area (Å²) in [7, 11) is 0. The van der Waals surface area contributed by atoms with Crippen LogP contribution in [-0.2, 0) is 4.74 Å². The fourth-order valence-corrected chi connectivity index (χ4v) is 1.58. The van der Waals surface area contributed by atoms with Gasteiger partial charge in [-0.25, -0.2) is 4.79 Å². The maximum Gasteiger partial charge on any atom is 0.407 e. The molecule has 1 amide bonds. The summed E-state index contributed by atoms with van der Waals surface area (Å²) >= 11 is 0. The smallest absolute Gasteiger partial charge is 0.407 e. The van der Waals surface area contributed by atoms with Gasteiger partial charge in [-0.1, -0.05) is 18.2 Å². The number of nitro benzene ring substituents is 1. The van der Waals surface area contributed by atoms with Crippen molar-refractivity contribution in [3.05, 3.63) is 45.5 Å². The first-order valence-corrected chi connectivity index (χ1v) is 6.60. The zero-order valence-electron chi connectivity index (χ0n) is 12.7. The van der Waals surface area contributed by atoms with Crippen molar-refractivity contribution in [2.45, 2.75) is 26.4 Å². The van der Waals surface area contributed by atoms with Crippen LogP contribution in [0.15, 0.2) is 24.3 Å². The quantitative estimate of drug-likeness (QED) is 0.512. The molecule has 0 bridgehead atoms. The summed E-state index contributed by atoms with van der Waals surface area (Å²) in [6, 6.07) is 4.17. The van der Waals surface area contributed by atoms with Crippen molar-refractivity contribution in [1.82, 2.24) is 5.32 Å². The molecular weight excluding hydrogens is 288 g/mol. The van der Waals surface area contributed by atoms with Crippen molar-refractivity contribution in [2.75, 3.05) is 6.54 Å². The second kappa shape index (κ2) is 7.35. The standard InChI is InChI=1S/C15H18N2O5/c1-15(2,3)22-14(19)16-8-4-5-12-7-6-11(10-18)9-13(12)17(20)21/h4-7,9-10H,8H2,1-3H3,(H,16,19). The first-order chi connectivity index (χ1) is 10.2. The number of hydrogen-bond donors (Lipinski definition) is 1. The molecule has 7 heteroatoms. The molecule has 0 aliphatic carbocycles. The molecule has 0 fully saturated rings. The molecule has 1 N–H and O–H groups in total. The average molecular weight is 306 g/mol. The van der Waals surface area contributed by atoms with E-state index in [1.807, 2.05) is 0 Å². The fourth-order valence-electron chi connectivity index (χ4n) is 1.58. The summed E-state index contributed by atoms with van der Waals surface area (Å²) in [6.07, 6.45) is 3.05. The van der Waals surface area contributed by atoms with Gasteiger partial charge in [-0.15, -0.1) is 0 Å². The fraction of sp³-hybridized carbons (Fsp3) is 0.333. The molecule has 0 aromatic heterocycles. The molecule has 0 unspecified atom stereocenters. The average Bonchev–Trinajstić information content (AvgIpc) is 2.41. The lowest BCUT2D eigenvalue weighted by Crippen LogP contribution is -2.32. The van der Waals surface area contributed by atoms with Crippen molar-refractivity contribution in [3.63, 3.8) is 0 Å². The molecule has 0 atom stereocenters. The van der Waals surface area contributed by atoms with Crippen LogP contribution < -0.4 is 5.32 Å². The molecule has 1 aromatic rings. The van der Waals surface area contributed by atoms with Crippen LogP contribution in [0.4, 0.5) is 10.5 Å². The molecule has 22 heavy (non-hydrogen) atoms. The van der Waals surface area contributed by atoms with E-state index in [1.165, 1.54) is 24.3 Å². The predicted octanol–water partition coefficient (Wildman–Crippen LogP) is 2.95. The van der Waals surface area contributed by atoms with Gasteiger partial charge < -0.3 is 10.1 Å². The Morgan fingerprint density at radius 1 is 1.41 bits per heavy atom. The lowest BCUT2D eigenvalue weighted by molar-refractivity contribution is -0.385. The summed E-state index contributed by atoms with van der Waals surface area (Å²) < 4.78 is 5.05. The second-order valence-corrected chi connectivity index (χ2v) is 5.48. The van der Waals surface area contributed by atoms with Gasteiger partial charge >= 0.3 is 6.09 Å². The largest absolute Gasteiger partial charge is 0.444 e. The molecule has 1 aromatic carbocycles. The first kappa shape index (κ1) is 17.4. The van der Waals surface area contributed by atoms with Crippen LogP contribution in [0.5, 0.6) is 0 Å². The third kappa shape index (κ3) is 5.74. The SMILES string of the molecule is CC(C)(C)OC(=O)NCC=Cc1ccc(C=O)cc1[N+](=O)[O-]. The van der Waals surface area contributed by atoms with Crippen molar-refractivity contribution < 1.29 is 19.2 Å². The van der Waals surface area contributed by atoms with Gasteiger partial charge in [-0.2, -0.15) is 0 Å². The summed E-state index contributed by atoms with van der Waals surface area (Å²) in [4.78, 5) is 32.4. The number of aldehydes is 1. The summed E-state index contributed by atoms with van der Waals surface area (Å²) in [5, 5.41) is 13.5. The van der Waals surface area contributed by atoms with Crippen molar-refractivity contribution >= 4 is 24.1 Å². The highest BCUT2D eigenvalue weighted by Crippen LogP contribution is 2.21. The Labute approximate surface area is 128 Å². The molecule has 0 aliphatic rings. The minimum atomic E-state index is -0.586. The van der Waals surface area contributed by atoms with Crippen LogP contribution in [0.25, 0.3) is 6.08 Å². The Hall–Kier alpha value is -2.70. The first-order valence-electron chi connectivity index (χ1n) is 6.60. The maximum absolute atomic E-state index is 11.4. The van der Waals surface area contributed by atoms with E-state index in [2.05, 4.69) is 5.32 Å². The molecule has 0 aliphatic heterocycles. The number of carbonyl (C=O) groups is 2. The van der Waals surface area contributed by atoms with Gasteiger partial charge in [0.15, 0.2) is 0 Å². The number of amides is 1. The van der Waals surface area contributed by atoms with E-state index in [1.54, 1.807) is 26.8 Å². The minimum absolute atomic E-state index is 0.168. The topological polar surface area (TPSA) is 98.5 Å². The summed E-state index contributed by atoms with van der Waals surface area (Å²) in [5.41, 5.74) is -0.174. The second-order valence-electron chi connectivity index (χ2n) is 5.48. The normalized spacial score (nSPS) is 11.2. The molecule has 0 radical (unpaired) electrons. The van der Waals surface area contributed by atoms with Crippen LogP contribution >= 0.6 is 0 Å². The molecule has 0 spiro atoms. The Bertz CT molecular complexity index is 602. The zero-order valence-corrected chi connectivity index (χ0v) is 12.7. The van der Waals surface area contributed by atoms with Crippen LogP contribution in [0.3, 0.4) is 0 Å². The number of alkyl carbamates (subject to hydrolysis) is 1. The van der Waals surface area contributed by atoms with Crippen molar-refractivity contribution in [2.24, 2.45) is 0 Å². The number of hydrogen-bond acceptors (Lipinski definition) is 5. The van der Waals surface area contributed by atoms with E-state index >= 15 is 0 Å². The lowest BCUT2D eigenvalue weighted by atomic mass is 10.1. The van der Waals surface area contributed by atoms with E-state index in [4.69, 9.17) is 4.74 Å². The van der Waals surface area contributed by atoms with Gasteiger partial charge in [0, 0.05) is 18.2 Å². The number of nitrogens with one attached hydrogen (secondary N) is 1. The van der Waals surface area contributed by atoms with E-state index in [0.717, 1.165) is 0 Å². The molecule has 0 saturated carbocycles. The van der Waals surface area contributed by atoms with Crippen LogP contribution in [-0.4, -0.2) is 29.4 Å². The number of nitro groups is 1. The van der Waals surface area contributed by atoms with Crippen molar-refractivity contribution in [1.29, 1.82) is 0 Å². The Kier molecular flexibility index (Phi) is 5.80. The third-order valence-corrected chi connectivity index (χ3v) is 2.45. The van der Waals surface area contributed by atoms with Crippen LogP contribution in [0, 0.1) is 10.1 Å². The van der Waals surface area contributed by atoms with E-state index in [9.17, 15) is 19.7 Å². The van der Waals surface area contributed by atoms with Gasteiger partial charge in [-0.05, 0) is 26.8 Å². The number of nitrogens with zero attached hydrogens (tertiary/aromatic N) is 1. The molecular formula is C15H18N2O5. The lowest BCUT2D eigenvalue weighted by Gasteiger charge is -2.19. The highest BCUT2D eigenvalue weighted by molar-refractivity contribution is 5.78. The summed E-state index contributed by atoms with van der Waals surface area (Å²) in [5.74, 6) is 0. The zero-order chi connectivity index (χ0) is 16.8. The van der Waals surface area contributed by atoms with Gasteiger partial charge in [0.05, 0.1) is 10.5 Å². The molecule has 0 saturated heterocycles. The van der Waals surface area contributed by atoms with Gasteiger partial charge in [0.25, 0.3) is 5.69 Å². The number of ether oxygens (including phenoxy) is 1.